The molecule has 2 rings (SSSR count). The van der Waals surface area contributed by atoms with Gasteiger partial charge in [-0.25, -0.2) is 0 Å². The molecule has 1 N–H and O–H groups in total. The predicted molar refractivity (Wildman–Crippen MR) is 81.5 cm³/mol. The number of carbonyl (C=O) groups excluding carboxylic acids is 1. The van der Waals surface area contributed by atoms with E-state index in [1.165, 1.54) is 0 Å². The molecule has 0 aliphatic carbocycles. The van der Waals surface area contributed by atoms with Gasteiger partial charge in [0.1, 0.15) is 12.0 Å². The molecule has 3 heteroatoms. The Kier molecular flexibility index (Phi) is 4.77. The van der Waals surface area contributed by atoms with Crippen LogP contribution in [-0.2, 0) is 4.79 Å². The quantitative estimate of drug-likeness (QED) is 0.816. The minimum Gasteiger partial charge on any atom is -0.497 e. The van der Waals surface area contributed by atoms with Crippen molar-refractivity contribution in [1.82, 2.24) is 0 Å². The number of carbonyl (C=O) groups is 1. The first kappa shape index (κ1) is 14.1. The first-order valence-electron chi connectivity index (χ1n) is 6.64. The summed E-state index contributed by atoms with van der Waals surface area (Å²) in [6.45, 7) is 0. The number of benzene rings is 2. The summed E-state index contributed by atoms with van der Waals surface area (Å²) in [5, 5.41) is 3.18. The monoisotopic (exact) mass is 269 g/mol. The normalized spacial score (nSPS) is 11.7. The molecule has 0 amide bonds. The Morgan fingerprint density at radius 1 is 1.20 bits per heavy atom. The van der Waals surface area contributed by atoms with Gasteiger partial charge in [-0.3, -0.25) is 0 Å². The lowest BCUT2D eigenvalue weighted by molar-refractivity contribution is -0.108. The minimum absolute atomic E-state index is 0.0336. The van der Waals surface area contributed by atoms with E-state index in [1.54, 1.807) is 7.11 Å². The number of hydrogen-bond donors (Lipinski definition) is 1. The van der Waals surface area contributed by atoms with Crippen LogP contribution in [0.1, 0.15) is 23.5 Å². The topological polar surface area (TPSA) is 38.3 Å². The Hall–Kier alpha value is -2.29. The summed E-state index contributed by atoms with van der Waals surface area (Å²) in [5.74, 6) is 0.831. The summed E-state index contributed by atoms with van der Waals surface area (Å²) in [4.78, 5) is 11.1. The van der Waals surface area contributed by atoms with Gasteiger partial charge in [-0.15, -0.1) is 0 Å². The van der Waals surface area contributed by atoms with Crippen molar-refractivity contribution in [3.05, 3.63) is 59.7 Å². The largest absolute Gasteiger partial charge is 0.497 e. The van der Waals surface area contributed by atoms with E-state index in [1.807, 2.05) is 55.6 Å². The minimum atomic E-state index is 0.0336. The van der Waals surface area contributed by atoms with E-state index < -0.39 is 0 Å². The zero-order valence-electron chi connectivity index (χ0n) is 11.8. The number of aldehydes is 1. The molecule has 0 spiro atoms. The van der Waals surface area contributed by atoms with Gasteiger partial charge in [0.05, 0.1) is 7.11 Å². The fraction of sp³-hybridized carbons (Fsp3) is 0.235. The van der Waals surface area contributed by atoms with Crippen molar-refractivity contribution in [2.75, 3.05) is 19.5 Å². The molecule has 1 unspecified atom stereocenters. The van der Waals surface area contributed by atoms with Crippen molar-refractivity contribution < 1.29 is 9.53 Å². The van der Waals surface area contributed by atoms with Crippen molar-refractivity contribution in [2.45, 2.75) is 12.3 Å². The lowest BCUT2D eigenvalue weighted by atomic mass is 9.87. The smallest absolute Gasteiger partial charge is 0.120 e. The van der Waals surface area contributed by atoms with Gasteiger partial charge in [-0.05, 0) is 29.3 Å². The first-order valence-corrected chi connectivity index (χ1v) is 6.64. The molecule has 0 aliphatic rings. The Bertz CT molecular complexity index is 566. The average Bonchev–Trinajstić information content (AvgIpc) is 2.53. The standard InChI is InChI=1S/C17H19NO2/c1-18-17-9-8-14(20-2)12-16(17)15(10-11-19)13-6-4-3-5-7-13/h3-9,11-12,15,18H,10H2,1-2H3. The van der Waals surface area contributed by atoms with Crippen molar-refractivity contribution in [1.29, 1.82) is 0 Å². The Labute approximate surface area is 119 Å². The number of methoxy groups -OCH3 is 1. The van der Waals surface area contributed by atoms with Crippen molar-refractivity contribution in [2.24, 2.45) is 0 Å². The van der Waals surface area contributed by atoms with E-state index in [9.17, 15) is 4.79 Å². The van der Waals surface area contributed by atoms with Gasteiger partial charge >= 0.3 is 0 Å². The van der Waals surface area contributed by atoms with Gasteiger partial charge in [0.2, 0.25) is 0 Å². The highest BCUT2D eigenvalue weighted by Gasteiger charge is 2.17. The number of anilines is 1. The van der Waals surface area contributed by atoms with E-state index in [0.717, 1.165) is 28.8 Å². The van der Waals surface area contributed by atoms with Crippen molar-refractivity contribution >= 4 is 12.0 Å². The van der Waals surface area contributed by atoms with Crippen LogP contribution in [0.2, 0.25) is 0 Å². The van der Waals surface area contributed by atoms with Crippen molar-refractivity contribution in [3.63, 3.8) is 0 Å². The van der Waals surface area contributed by atoms with Crippen LogP contribution in [0.15, 0.2) is 48.5 Å². The van der Waals surface area contributed by atoms with Gasteiger partial charge in [0.15, 0.2) is 0 Å². The highest BCUT2D eigenvalue weighted by Crippen LogP contribution is 2.34. The number of ether oxygens (including phenoxy) is 1. The molecular formula is C17H19NO2. The molecule has 0 saturated heterocycles. The number of hydrogen-bond acceptors (Lipinski definition) is 3. The van der Waals surface area contributed by atoms with Crippen LogP contribution < -0.4 is 10.1 Å². The van der Waals surface area contributed by atoms with Crippen LogP contribution >= 0.6 is 0 Å². The molecule has 0 aromatic heterocycles. The maximum absolute atomic E-state index is 11.1. The van der Waals surface area contributed by atoms with E-state index in [2.05, 4.69) is 5.32 Å². The molecule has 2 aromatic carbocycles. The number of nitrogens with one attached hydrogen (secondary N) is 1. The maximum atomic E-state index is 11.1. The molecule has 0 bridgehead atoms. The third-order valence-corrected chi connectivity index (χ3v) is 3.44. The van der Waals surface area contributed by atoms with E-state index >= 15 is 0 Å². The van der Waals surface area contributed by atoms with Gasteiger partial charge < -0.3 is 14.8 Å². The fourth-order valence-electron chi connectivity index (χ4n) is 2.41. The van der Waals surface area contributed by atoms with Crippen molar-refractivity contribution in [3.8, 4) is 5.75 Å². The Morgan fingerprint density at radius 2 is 1.95 bits per heavy atom. The highest BCUT2D eigenvalue weighted by atomic mass is 16.5. The molecule has 3 nitrogen and oxygen atoms in total. The van der Waals surface area contributed by atoms with Crippen LogP contribution in [0.3, 0.4) is 0 Å². The van der Waals surface area contributed by atoms with Crippen LogP contribution in [0.5, 0.6) is 5.75 Å². The second-order valence-corrected chi connectivity index (χ2v) is 4.57. The molecule has 20 heavy (non-hydrogen) atoms. The highest BCUT2D eigenvalue weighted by molar-refractivity contribution is 5.62. The van der Waals surface area contributed by atoms with Gasteiger partial charge in [0.25, 0.3) is 0 Å². The summed E-state index contributed by atoms with van der Waals surface area (Å²) in [6, 6.07) is 15.9. The molecule has 0 fully saturated rings. The summed E-state index contributed by atoms with van der Waals surface area (Å²) >= 11 is 0. The predicted octanol–water partition coefficient (Wildman–Crippen LogP) is 3.46. The summed E-state index contributed by atoms with van der Waals surface area (Å²) in [5.41, 5.74) is 3.22. The third kappa shape index (κ3) is 2.99. The summed E-state index contributed by atoms with van der Waals surface area (Å²) < 4.78 is 5.30. The molecule has 2 aromatic rings. The van der Waals surface area contributed by atoms with Gasteiger partial charge in [-0.2, -0.15) is 0 Å². The van der Waals surface area contributed by atoms with Crippen LogP contribution in [-0.4, -0.2) is 20.4 Å². The molecule has 0 saturated carbocycles. The molecule has 104 valence electrons. The first-order chi connectivity index (χ1) is 9.80. The third-order valence-electron chi connectivity index (χ3n) is 3.44. The molecule has 1 atom stereocenters. The van der Waals surface area contributed by atoms with Crippen LogP contribution in [0, 0.1) is 0 Å². The number of rotatable bonds is 6. The van der Waals surface area contributed by atoms with Gasteiger partial charge in [0, 0.05) is 25.1 Å². The van der Waals surface area contributed by atoms with Crippen LogP contribution in [0.4, 0.5) is 5.69 Å². The molecule has 0 aliphatic heterocycles. The Balaban J connectivity index is 2.50. The summed E-state index contributed by atoms with van der Waals surface area (Å²) in [6.07, 6.45) is 1.42. The molecule has 0 radical (unpaired) electrons. The Morgan fingerprint density at radius 3 is 2.55 bits per heavy atom. The SMILES string of the molecule is CNc1ccc(OC)cc1C(CC=O)c1ccccc1. The second kappa shape index (κ2) is 6.75. The van der Waals surface area contributed by atoms with E-state index in [4.69, 9.17) is 4.74 Å². The lowest BCUT2D eigenvalue weighted by Crippen LogP contribution is -2.06. The lowest BCUT2D eigenvalue weighted by Gasteiger charge is -2.20. The zero-order valence-corrected chi connectivity index (χ0v) is 11.8. The fourth-order valence-corrected chi connectivity index (χ4v) is 2.41. The van der Waals surface area contributed by atoms with E-state index in [0.29, 0.717) is 6.42 Å². The molecular weight excluding hydrogens is 250 g/mol. The maximum Gasteiger partial charge on any atom is 0.120 e. The van der Waals surface area contributed by atoms with E-state index in [-0.39, 0.29) is 5.92 Å². The average molecular weight is 269 g/mol. The summed E-state index contributed by atoms with van der Waals surface area (Å²) in [7, 11) is 3.53. The zero-order chi connectivity index (χ0) is 14.4. The van der Waals surface area contributed by atoms with Gasteiger partial charge in [-0.1, -0.05) is 30.3 Å². The second-order valence-electron chi connectivity index (χ2n) is 4.57. The molecule has 0 heterocycles. The van der Waals surface area contributed by atoms with Crippen LogP contribution in [0.25, 0.3) is 0 Å².